The van der Waals surface area contributed by atoms with Gasteiger partial charge in [-0.05, 0) is 43.3 Å². The molecule has 2 aromatic rings. The Labute approximate surface area is 109 Å². The molecule has 2 rings (SSSR count). The van der Waals surface area contributed by atoms with E-state index in [0.717, 1.165) is 16.3 Å². The first-order valence-electron chi connectivity index (χ1n) is 5.78. The van der Waals surface area contributed by atoms with Gasteiger partial charge in [0.1, 0.15) is 5.75 Å². The van der Waals surface area contributed by atoms with Crippen LogP contribution in [0.2, 0.25) is 0 Å². The van der Waals surface area contributed by atoms with Crippen molar-refractivity contribution < 1.29 is 9.05 Å². The number of hydrogen-bond donors (Lipinski definition) is 1. The Morgan fingerprint density at radius 3 is 2.22 bits per heavy atom. The molecule has 1 unspecified atom stereocenters. The van der Waals surface area contributed by atoms with E-state index in [-0.39, 0.29) is 0 Å². The minimum atomic E-state index is -1.14. The predicted molar refractivity (Wildman–Crippen MR) is 71.9 cm³/mol. The minimum Gasteiger partial charge on any atom is -0.409 e. The molecule has 0 aliphatic rings. The van der Waals surface area contributed by atoms with Crippen LogP contribution in [0, 0.1) is 0 Å². The van der Waals surface area contributed by atoms with Crippen LogP contribution in [0.25, 0.3) is 0 Å². The number of benzene rings is 2. The molecular weight excluding hydrogens is 246 g/mol. The van der Waals surface area contributed by atoms with E-state index in [4.69, 9.17) is 4.84 Å². The lowest BCUT2D eigenvalue weighted by Crippen LogP contribution is -2.17. The highest BCUT2D eigenvalue weighted by Gasteiger charge is 2.06. The number of hydrogen-bond acceptors (Lipinski definition) is 3. The van der Waals surface area contributed by atoms with Gasteiger partial charge in [-0.1, -0.05) is 18.2 Å². The molecule has 2 aromatic carbocycles. The predicted octanol–water partition coefficient (Wildman–Crippen LogP) is 2.76. The van der Waals surface area contributed by atoms with E-state index in [0.29, 0.717) is 5.75 Å². The standard InChI is InChI=1S/C14H15NO2S/c1-2-15-17-12-8-10-14(11-9-12)18(16)13-6-4-3-5-7-13/h3-11,15H,2H2,1H3. The smallest absolute Gasteiger partial charge is 0.147 e. The van der Waals surface area contributed by atoms with Gasteiger partial charge in [0.25, 0.3) is 0 Å². The Hall–Kier alpha value is -1.65. The molecule has 3 nitrogen and oxygen atoms in total. The average Bonchev–Trinajstić information content (AvgIpc) is 2.46. The third-order valence-corrected chi connectivity index (χ3v) is 3.73. The number of hydroxylamine groups is 1. The Balaban J connectivity index is 2.12. The maximum absolute atomic E-state index is 12.2. The topological polar surface area (TPSA) is 38.3 Å². The van der Waals surface area contributed by atoms with E-state index < -0.39 is 10.8 Å². The summed E-state index contributed by atoms with van der Waals surface area (Å²) >= 11 is 0. The van der Waals surface area contributed by atoms with Crippen LogP contribution >= 0.6 is 0 Å². The van der Waals surface area contributed by atoms with E-state index >= 15 is 0 Å². The summed E-state index contributed by atoms with van der Waals surface area (Å²) in [5.74, 6) is 0.714. The lowest BCUT2D eigenvalue weighted by atomic mass is 10.3. The van der Waals surface area contributed by atoms with Crippen molar-refractivity contribution in [1.82, 2.24) is 5.48 Å². The van der Waals surface area contributed by atoms with Crippen LogP contribution in [-0.2, 0) is 10.8 Å². The maximum atomic E-state index is 12.2. The molecule has 18 heavy (non-hydrogen) atoms. The quantitative estimate of drug-likeness (QED) is 0.841. The van der Waals surface area contributed by atoms with Crippen molar-refractivity contribution >= 4 is 10.8 Å². The normalized spacial score (nSPS) is 12.1. The summed E-state index contributed by atoms with van der Waals surface area (Å²) in [5.41, 5.74) is 2.77. The zero-order valence-electron chi connectivity index (χ0n) is 10.1. The molecule has 4 heteroatoms. The molecular formula is C14H15NO2S. The van der Waals surface area contributed by atoms with Crippen LogP contribution in [-0.4, -0.2) is 10.8 Å². The third kappa shape index (κ3) is 3.18. The molecule has 1 atom stereocenters. The van der Waals surface area contributed by atoms with Crippen molar-refractivity contribution in [3.05, 3.63) is 54.6 Å². The van der Waals surface area contributed by atoms with Crippen molar-refractivity contribution in [2.45, 2.75) is 16.7 Å². The van der Waals surface area contributed by atoms with E-state index in [2.05, 4.69) is 5.48 Å². The number of rotatable bonds is 5. The molecule has 0 saturated carbocycles. The molecule has 0 heterocycles. The van der Waals surface area contributed by atoms with Gasteiger partial charge in [-0.15, -0.1) is 0 Å². The Kier molecular flexibility index (Phi) is 4.50. The summed E-state index contributed by atoms with van der Waals surface area (Å²) in [6.07, 6.45) is 0. The first-order valence-corrected chi connectivity index (χ1v) is 6.93. The van der Waals surface area contributed by atoms with Gasteiger partial charge < -0.3 is 4.84 Å². The van der Waals surface area contributed by atoms with E-state index in [1.54, 1.807) is 12.1 Å². The first kappa shape index (κ1) is 12.8. The van der Waals surface area contributed by atoms with E-state index in [1.165, 1.54) is 0 Å². The minimum absolute atomic E-state index is 0.714. The largest absolute Gasteiger partial charge is 0.409 e. The Bertz CT molecular complexity index is 511. The lowest BCUT2D eigenvalue weighted by molar-refractivity contribution is 0.202. The van der Waals surface area contributed by atoms with Crippen molar-refractivity contribution in [2.75, 3.05) is 6.54 Å². The fourth-order valence-corrected chi connectivity index (χ4v) is 2.53. The van der Waals surface area contributed by atoms with Gasteiger partial charge in [0.05, 0.1) is 10.8 Å². The summed E-state index contributed by atoms with van der Waals surface area (Å²) < 4.78 is 12.2. The molecule has 0 fully saturated rings. The molecule has 1 N–H and O–H groups in total. The van der Waals surface area contributed by atoms with Crippen LogP contribution < -0.4 is 10.3 Å². The third-order valence-electron chi connectivity index (χ3n) is 2.33. The lowest BCUT2D eigenvalue weighted by Gasteiger charge is -2.06. The van der Waals surface area contributed by atoms with Crippen LogP contribution in [0.1, 0.15) is 6.92 Å². The summed E-state index contributed by atoms with van der Waals surface area (Å²) in [5, 5.41) is 0. The Morgan fingerprint density at radius 1 is 1.00 bits per heavy atom. The molecule has 0 amide bonds. The first-order chi connectivity index (χ1) is 8.81. The molecule has 0 saturated heterocycles. The van der Waals surface area contributed by atoms with Crippen LogP contribution in [0.4, 0.5) is 0 Å². The highest BCUT2D eigenvalue weighted by Crippen LogP contribution is 2.19. The molecule has 0 aliphatic heterocycles. The fourth-order valence-electron chi connectivity index (χ4n) is 1.47. The Morgan fingerprint density at radius 2 is 1.61 bits per heavy atom. The van der Waals surface area contributed by atoms with Crippen LogP contribution in [0.3, 0.4) is 0 Å². The SMILES string of the molecule is CCNOc1ccc(S(=O)c2ccccc2)cc1. The van der Waals surface area contributed by atoms with Gasteiger partial charge in [-0.25, -0.2) is 4.21 Å². The zero-order chi connectivity index (χ0) is 12.8. The molecule has 0 bridgehead atoms. The summed E-state index contributed by atoms with van der Waals surface area (Å²) in [6.45, 7) is 2.69. The second kappa shape index (κ2) is 6.33. The number of nitrogens with one attached hydrogen (secondary N) is 1. The van der Waals surface area contributed by atoms with Gasteiger partial charge in [0.2, 0.25) is 0 Å². The van der Waals surface area contributed by atoms with Gasteiger partial charge in [-0.2, -0.15) is 5.48 Å². The average molecular weight is 261 g/mol. The molecule has 0 aliphatic carbocycles. The van der Waals surface area contributed by atoms with E-state index in [1.807, 2.05) is 49.4 Å². The fraction of sp³-hybridized carbons (Fsp3) is 0.143. The van der Waals surface area contributed by atoms with Gasteiger partial charge in [0, 0.05) is 16.3 Å². The van der Waals surface area contributed by atoms with Gasteiger partial charge in [0.15, 0.2) is 0 Å². The summed E-state index contributed by atoms with van der Waals surface area (Å²) in [6, 6.07) is 16.6. The van der Waals surface area contributed by atoms with Gasteiger partial charge in [-0.3, -0.25) is 0 Å². The van der Waals surface area contributed by atoms with Crippen molar-refractivity contribution in [3.8, 4) is 5.75 Å². The molecule has 0 aromatic heterocycles. The van der Waals surface area contributed by atoms with Crippen molar-refractivity contribution in [1.29, 1.82) is 0 Å². The monoisotopic (exact) mass is 261 g/mol. The molecule has 94 valence electrons. The second-order valence-corrected chi connectivity index (χ2v) is 5.13. The highest BCUT2D eigenvalue weighted by molar-refractivity contribution is 7.85. The van der Waals surface area contributed by atoms with Crippen LogP contribution in [0.15, 0.2) is 64.4 Å². The maximum Gasteiger partial charge on any atom is 0.147 e. The second-order valence-electron chi connectivity index (χ2n) is 3.65. The summed E-state index contributed by atoms with van der Waals surface area (Å²) in [7, 11) is -1.14. The summed E-state index contributed by atoms with van der Waals surface area (Å²) in [4.78, 5) is 6.82. The van der Waals surface area contributed by atoms with Crippen molar-refractivity contribution in [2.24, 2.45) is 0 Å². The highest BCUT2D eigenvalue weighted by atomic mass is 32.2. The zero-order valence-corrected chi connectivity index (χ0v) is 10.9. The molecule has 0 spiro atoms. The van der Waals surface area contributed by atoms with Crippen LogP contribution in [0.5, 0.6) is 5.75 Å². The van der Waals surface area contributed by atoms with E-state index in [9.17, 15) is 4.21 Å². The van der Waals surface area contributed by atoms with Gasteiger partial charge >= 0.3 is 0 Å². The van der Waals surface area contributed by atoms with Crippen molar-refractivity contribution in [3.63, 3.8) is 0 Å². The molecule has 0 radical (unpaired) electrons.